The standard InChI is InChI=1S/C23H27F3N4O2/c1-16-3-4-17(2)20(15-16)28-22(27-9-10-30-11-13-32-14-12-30)29-21(31)18-5-7-19(8-6-18)23(24,25)26/h3-8,15H,9-14H2,1-2H3,(H2,27,28,29,31). The fourth-order valence-electron chi connectivity index (χ4n) is 3.23. The van der Waals surface area contributed by atoms with E-state index in [0.717, 1.165) is 54.2 Å². The molecule has 6 nitrogen and oxygen atoms in total. The fraction of sp³-hybridized carbons (Fsp3) is 0.391. The summed E-state index contributed by atoms with van der Waals surface area (Å²) in [6.07, 6.45) is -4.45. The number of rotatable bonds is 5. The first-order valence-electron chi connectivity index (χ1n) is 10.4. The normalized spacial score (nSPS) is 15.5. The lowest BCUT2D eigenvalue weighted by Gasteiger charge is -2.25. The zero-order valence-electron chi connectivity index (χ0n) is 18.1. The number of guanidine groups is 1. The highest BCUT2D eigenvalue weighted by atomic mass is 19.4. The summed E-state index contributed by atoms with van der Waals surface area (Å²) in [7, 11) is 0. The third-order valence-electron chi connectivity index (χ3n) is 5.14. The molecule has 172 valence electrons. The van der Waals surface area contributed by atoms with Crippen molar-refractivity contribution in [1.29, 1.82) is 0 Å². The van der Waals surface area contributed by atoms with Crippen LogP contribution in [0.1, 0.15) is 27.0 Å². The van der Waals surface area contributed by atoms with Gasteiger partial charge in [0, 0.05) is 30.9 Å². The number of aliphatic imine (C=N–C) groups is 1. The predicted octanol–water partition coefficient (Wildman–Crippen LogP) is 3.85. The van der Waals surface area contributed by atoms with E-state index in [-0.39, 0.29) is 11.5 Å². The lowest BCUT2D eigenvalue weighted by molar-refractivity contribution is -0.137. The molecule has 1 aliphatic rings. The van der Waals surface area contributed by atoms with Gasteiger partial charge in [-0.05, 0) is 55.3 Å². The van der Waals surface area contributed by atoms with E-state index in [4.69, 9.17) is 4.74 Å². The summed E-state index contributed by atoms with van der Waals surface area (Å²) in [6, 6.07) is 9.97. The number of nitrogens with zero attached hydrogens (tertiary/aromatic N) is 2. The van der Waals surface area contributed by atoms with Crippen LogP contribution >= 0.6 is 0 Å². The van der Waals surface area contributed by atoms with Crippen molar-refractivity contribution in [2.24, 2.45) is 4.99 Å². The number of hydrogen-bond donors (Lipinski definition) is 2. The zero-order valence-corrected chi connectivity index (χ0v) is 18.1. The number of anilines is 1. The highest BCUT2D eigenvalue weighted by Gasteiger charge is 2.30. The van der Waals surface area contributed by atoms with Gasteiger partial charge in [-0.1, -0.05) is 12.1 Å². The number of ether oxygens (including phenoxy) is 1. The molecule has 2 aromatic carbocycles. The minimum atomic E-state index is -4.45. The van der Waals surface area contributed by atoms with Gasteiger partial charge in [0.15, 0.2) is 0 Å². The van der Waals surface area contributed by atoms with Gasteiger partial charge in [0.25, 0.3) is 5.91 Å². The van der Waals surface area contributed by atoms with E-state index < -0.39 is 17.6 Å². The summed E-state index contributed by atoms with van der Waals surface area (Å²) < 4.78 is 43.7. The Kier molecular flexibility index (Phi) is 7.87. The van der Waals surface area contributed by atoms with Crippen molar-refractivity contribution in [3.8, 4) is 0 Å². The van der Waals surface area contributed by atoms with Crippen LogP contribution in [0.5, 0.6) is 0 Å². The molecule has 1 saturated heterocycles. The van der Waals surface area contributed by atoms with Crippen molar-refractivity contribution in [1.82, 2.24) is 10.2 Å². The molecule has 0 spiro atoms. The van der Waals surface area contributed by atoms with E-state index in [1.54, 1.807) is 0 Å². The Labute approximate surface area is 185 Å². The molecular weight excluding hydrogens is 421 g/mol. The molecule has 32 heavy (non-hydrogen) atoms. The van der Waals surface area contributed by atoms with E-state index in [2.05, 4.69) is 20.5 Å². The minimum absolute atomic E-state index is 0.113. The summed E-state index contributed by atoms with van der Waals surface area (Å²) in [4.78, 5) is 19.4. The number of halogens is 3. The molecule has 0 bridgehead atoms. The second-order valence-electron chi connectivity index (χ2n) is 7.66. The first kappa shape index (κ1) is 23.7. The summed E-state index contributed by atoms with van der Waals surface area (Å²) >= 11 is 0. The van der Waals surface area contributed by atoms with Crippen LogP contribution in [0, 0.1) is 13.8 Å². The number of benzene rings is 2. The number of carbonyl (C=O) groups is 1. The highest BCUT2D eigenvalue weighted by molar-refractivity contribution is 6.10. The van der Waals surface area contributed by atoms with Crippen LogP contribution in [0.15, 0.2) is 47.5 Å². The number of hydrogen-bond acceptors (Lipinski definition) is 4. The Balaban J connectivity index is 1.73. The molecule has 9 heteroatoms. The second kappa shape index (κ2) is 10.6. The molecule has 0 radical (unpaired) electrons. The first-order chi connectivity index (χ1) is 15.2. The summed E-state index contributed by atoms with van der Waals surface area (Å²) in [5, 5.41) is 5.86. The van der Waals surface area contributed by atoms with Gasteiger partial charge in [0.2, 0.25) is 5.96 Å². The lowest BCUT2D eigenvalue weighted by atomic mass is 10.1. The van der Waals surface area contributed by atoms with E-state index in [1.807, 2.05) is 32.0 Å². The average Bonchev–Trinajstić information content (AvgIpc) is 2.76. The molecule has 3 rings (SSSR count). The van der Waals surface area contributed by atoms with Crippen LogP contribution in [0.4, 0.5) is 18.9 Å². The van der Waals surface area contributed by atoms with Crippen LogP contribution < -0.4 is 10.6 Å². The number of aryl methyl sites for hydroxylation is 2. The first-order valence-corrected chi connectivity index (χ1v) is 10.4. The highest BCUT2D eigenvalue weighted by Crippen LogP contribution is 2.29. The molecule has 1 heterocycles. The molecule has 1 fully saturated rings. The lowest BCUT2D eigenvalue weighted by Crippen LogP contribution is -2.39. The van der Waals surface area contributed by atoms with Gasteiger partial charge < -0.3 is 10.1 Å². The van der Waals surface area contributed by atoms with Crippen molar-refractivity contribution < 1.29 is 22.7 Å². The largest absolute Gasteiger partial charge is 0.416 e. The Bertz CT molecular complexity index is 953. The third kappa shape index (κ3) is 6.80. The SMILES string of the molecule is Cc1ccc(C)c(NC(=NCCN2CCOCC2)NC(=O)c2ccc(C(F)(F)F)cc2)c1. The van der Waals surface area contributed by atoms with E-state index in [0.29, 0.717) is 26.3 Å². The molecule has 1 aliphatic heterocycles. The maximum Gasteiger partial charge on any atom is 0.416 e. The van der Waals surface area contributed by atoms with Crippen LogP contribution in [0.25, 0.3) is 0 Å². The van der Waals surface area contributed by atoms with Gasteiger partial charge in [0.05, 0.1) is 25.3 Å². The molecular formula is C23H27F3N4O2. The molecule has 0 aliphatic carbocycles. The number of amides is 1. The van der Waals surface area contributed by atoms with Crippen LogP contribution in [-0.2, 0) is 10.9 Å². The zero-order chi connectivity index (χ0) is 23.1. The van der Waals surface area contributed by atoms with E-state index in [9.17, 15) is 18.0 Å². The maximum absolute atomic E-state index is 12.8. The Morgan fingerprint density at radius 3 is 2.44 bits per heavy atom. The minimum Gasteiger partial charge on any atom is -0.379 e. The Morgan fingerprint density at radius 2 is 1.78 bits per heavy atom. The van der Waals surface area contributed by atoms with Gasteiger partial charge in [0.1, 0.15) is 0 Å². The number of alkyl halides is 3. The Hall–Kier alpha value is -2.91. The topological polar surface area (TPSA) is 66.0 Å². The van der Waals surface area contributed by atoms with E-state index >= 15 is 0 Å². The van der Waals surface area contributed by atoms with Gasteiger partial charge >= 0.3 is 6.18 Å². The summed E-state index contributed by atoms with van der Waals surface area (Å²) in [5.74, 6) is -0.293. The van der Waals surface area contributed by atoms with Gasteiger partial charge in [-0.2, -0.15) is 13.2 Å². The van der Waals surface area contributed by atoms with Gasteiger partial charge in [-0.25, -0.2) is 0 Å². The monoisotopic (exact) mass is 448 g/mol. The molecule has 0 saturated carbocycles. The fourth-order valence-corrected chi connectivity index (χ4v) is 3.23. The predicted molar refractivity (Wildman–Crippen MR) is 118 cm³/mol. The molecule has 2 aromatic rings. The number of nitrogens with one attached hydrogen (secondary N) is 2. The van der Waals surface area contributed by atoms with Gasteiger partial charge in [-0.3, -0.25) is 20.0 Å². The van der Waals surface area contributed by atoms with Crippen molar-refractivity contribution in [3.63, 3.8) is 0 Å². The van der Waals surface area contributed by atoms with Crippen LogP contribution in [0.2, 0.25) is 0 Å². The van der Waals surface area contributed by atoms with Crippen LogP contribution in [-0.4, -0.2) is 56.2 Å². The maximum atomic E-state index is 12.8. The van der Waals surface area contributed by atoms with Crippen molar-refractivity contribution >= 4 is 17.6 Å². The van der Waals surface area contributed by atoms with Crippen LogP contribution in [0.3, 0.4) is 0 Å². The quantitative estimate of drug-likeness (QED) is 0.539. The van der Waals surface area contributed by atoms with E-state index in [1.165, 1.54) is 0 Å². The third-order valence-corrected chi connectivity index (χ3v) is 5.14. The van der Waals surface area contributed by atoms with Crippen molar-refractivity contribution in [2.45, 2.75) is 20.0 Å². The molecule has 0 aromatic heterocycles. The molecule has 2 N–H and O–H groups in total. The summed E-state index contributed by atoms with van der Waals surface area (Å²) in [5.41, 5.74) is 2.12. The summed E-state index contributed by atoms with van der Waals surface area (Å²) in [6.45, 7) is 8.06. The number of morpholine rings is 1. The second-order valence-corrected chi connectivity index (χ2v) is 7.66. The van der Waals surface area contributed by atoms with Gasteiger partial charge in [-0.15, -0.1) is 0 Å². The number of carbonyl (C=O) groups excluding carboxylic acids is 1. The van der Waals surface area contributed by atoms with Crippen molar-refractivity contribution in [2.75, 3.05) is 44.7 Å². The molecule has 0 unspecified atom stereocenters. The Morgan fingerprint density at radius 1 is 1.09 bits per heavy atom. The molecule has 0 atom stereocenters. The molecule has 1 amide bonds. The average molecular weight is 448 g/mol. The smallest absolute Gasteiger partial charge is 0.379 e. The van der Waals surface area contributed by atoms with Crippen molar-refractivity contribution in [3.05, 3.63) is 64.7 Å².